The summed E-state index contributed by atoms with van der Waals surface area (Å²) in [6, 6.07) is 10.8. The van der Waals surface area contributed by atoms with Gasteiger partial charge in [-0.1, -0.05) is 6.07 Å². The van der Waals surface area contributed by atoms with Crippen molar-refractivity contribution in [1.29, 1.82) is 0 Å². The third-order valence-corrected chi connectivity index (χ3v) is 2.49. The Kier molecular flexibility index (Phi) is 3.86. The summed E-state index contributed by atoms with van der Waals surface area (Å²) in [5.74, 6) is 0.698. The van der Waals surface area contributed by atoms with Gasteiger partial charge in [0.25, 0.3) is 0 Å². The molecule has 0 aliphatic heterocycles. The molecule has 0 amide bonds. The van der Waals surface area contributed by atoms with Gasteiger partial charge < -0.3 is 4.74 Å². The highest BCUT2D eigenvalue weighted by atomic mass is 16.5. The summed E-state index contributed by atoms with van der Waals surface area (Å²) in [7, 11) is 1.60. The molecule has 0 spiro atoms. The first kappa shape index (κ1) is 12.0. The molecule has 90 valence electrons. The Hall–Kier alpha value is -2.42. The average molecular weight is 239 g/mol. The number of aromatic nitrogens is 1. The molecule has 0 N–H and O–H groups in total. The molecule has 0 atom stereocenters. The van der Waals surface area contributed by atoms with Crippen LogP contribution in [0.5, 0.6) is 5.75 Å². The number of rotatable bonds is 4. The van der Waals surface area contributed by atoms with E-state index in [2.05, 4.69) is 4.98 Å². The summed E-state index contributed by atoms with van der Waals surface area (Å²) in [6.45, 7) is 0. The zero-order chi connectivity index (χ0) is 12.8. The lowest BCUT2D eigenvalue weighted by Gasteiger charge is -2.00. The smallest absolute Gasteiger partial charge is 0.185 e. The van der Waals surface area contributed by atoms with Crippen molar-refractivity contribution in [1.82, 2.24) is 4.98 Å². The van der Waals surface area contributed by atoms with E-state index in [-0.39, 0.29) is 5.78 Å². The first-order valence-corrected chi connectivity index (χ1v) is 5.56. The second-order valence-electron chi connectivity index (χ2n) is 3.71. The van der Waals surface area contributed by atoms with E-state index < -0.39 is 0 Å². The van der Waals surface area contributed by atoms with Crippen LogP contribution in [0, 0.1) is 0 Å². The molecule has 0 saturated carbocycles. The Morgan fingerprint density at radius 1 is 1.22 bits per heavy atom. The van der Waals surface area contributed by atoms with Gasteiger partial charge >= 0.3 is 0 Å². The summed E-state index contributed by atoms with van der Waals surface area (Å²) in [5, 5.41) is 0. The molecule has 0 bridgehead atoms. The van der Waals surface area contributed by atoms with E-state index in [1.54, 1.807) is 55.9 Å². The molecule has 2 aromatic rings. The summed E-state index contributed by atoms with van der Waals surface area (Å²) >= 11 is 0. The third kappa shape index (κ3) is 3.04. The molecule has 0 radical (unpaired) electrons. The van der Waals surface area contributed by atoms with Crippen molar-refractivity contribution < 1.29 is 9.53 Å². The highest BCUT2D eigenvalue weighted by Crippen LogP contribution is 2.12. The molecule has 3 nitrogen and oxygen atoms in total. The molecule has 1 aromatic carbocycles. The fourth-order valence-electron chi connectivity index (χ4n) is 1.50. The van der Waals surface area contributed by atoms with E-state index in [1.165, 1.54) is 0 Å². The van der Waals surface area contributed by atoms with Crippen LogP contribution < -0.4 is 4.74 Å². The van der Waals surface area contributed by atoms with Crippen molar-refractivity contribution in [2.45, 2.75) is 0 Å². The Balaban J connectivity index is 2.09. The van der Waals surface area contributed by atoms with E-state index in [1.807, 2.05) is 12.1 Å². The van der Waals surface area contributed by atoms with Crippen LogP contribution >= 0.6 is 0 Å². The van der Waals surface area contributed by atoms with Crippen molar-refractivity contribution in [2.75, 3.05) is 7.11 Å². The maximum atomic E-state index is 11.9. The van der Waals surface area contributed by atoms with Gasteiger partial charge in [-0.25, -0.2) is 0 Å². The lowest BCUT2D eigenvalue weighted by Crippen LogP contribution is -1.94. The molecule has 3 heteroatoms. The van der Waals surface area contributed by atoms with Crippen molar-refractivity contribution in [2.24, 2.45) is 0 Å². The molecule has 1 heterocycles. The van der Waals surface area contributed by atoms with Crippen LogP contribution in [0.1, 0.15) is 15.9 Å². The fraction of sp³-hybridized carbons (Fsp3) is 0.0667. The number of benzene rings is 1. The van der Waals surface area contributed by atoms with Gasteiger partial charge in [0.2, 0.25) is 0 Å². The Morgan fingerprint density at radius 2 is 2.00 bits per heavy atom. The van der Waals surface area contributed by atoms with Crippen LogP contribution in [0.15, 0.2) is 54.9 Å². The van der Waals surface area contributed by atoms with E-state index in [9.17, 15) is 4.79 Å². The predicted molar refractivity (Wildman–Crippen MR) is 70.6 cm³/mol. The van der Waals surface area contributed by atoms with Crippen LogP contribution in [-0.2, 0) is 0 Å². The molecule has 1 aromatic heterocycles. The largest absolute Gasteiger partial charge is 0.497 e. The first-order chi connectivity index (χ1) is 8.79. The van der Waals surface area contributed by atoms with Crippen molar-refractivity contribution >= 4 is 11.9 Å². The SMILES string of the molecule is COc1ccc(C(=O)/C=C/c2cccnc2)cc1. The number of nitrogens with zero attached hydrogens (tertiary/aromatic N) is 1. The van der Waals surface area contributed by atoms with Crippen molar-refractivity contribution in [3.05, 3.63) is 66.0 Å². The number of hydrogen-bond donors (Lipinski definition) is 0. The normalized spacial score (nSPS) is 10.5. The second-order valence-corrected chi connectivity index (χ2v) is 3.71. The highest BCUT2D eigenvalue weighted by molar-refractivity contribution is 6.06. The number of methoxy groups -OCH3 is 1. The quantitative estimate of drug-likeness (QED) is 0.608. The van der Waals surface area contributed by atoms with Gasteiger partial charge in [-0.05, 0) is 48.0 Å². The molecule has 0 saturated heterocycles. The first-order valence-electron chi connectivity index (χ1n) is 5.56. The van der Waals surface area contributed by atoms with Crippen LogP contribution in [0.2, 0.25) is 0 Å². The lowest BCUT2D eigenvalue weighted by atomic mass is 10.1. The second kappa shape index (κ2) is 5.77. The van der Waals surface area contributed by atoms with Crippen molar-refractivity contribution in [3.63, 3.8) is 0 Å². The lowest BCUT2D eigenvalue weighted by molar-refractivity contribution is 0.104. The molecule has 0 unspecified atom stereocenters. The molecule has 0 aliphatic rings. The number of ketones is 1. The van der Waals surface area contributed by atoms with Gasteiger partial charge in [0, 0.05) is 18.0 Å². The van der Waals surface area contributed by atoms with E-state index >= 15 is 0 Å². The minimum absolute atomic E-state index is 0.0403. The van der Waals surface area contributed by atoms with E-state index in [4.69, 9.17) is 4.74 Å². The highest BCUT2D eigenvalue weighted by Gasteiger charge is 2.01. The van der Waals surface area contributed by atoms with Gasteiger partial charge in [0.05, 0.1) is 7.11 Å². The molecule has 18 heavy (non-hydrogen) atoms. The van der Waals surface area contributed by atoms with Crippen LogP contribution in [-0.4, -0.2) is 17.9 Å². The van der Waals surface area contributed by atoms with Gasteiger partial charge in [-0.3, -0.25) is 9.78 Å². The molecule has 0 aliphatic carbocycles. The minimum atomic E-state index is -0.0403. The van der Waals surface area contributed by atoms with Crippen molar-refractivity contribution in [3.8, 4) is 5.75 Å². The Morgan fingerprint density at radius 3 is 2.61 bits per heavy atom. The van der Waals surface area contributed by atoms with Crippen LogP contribution in [0.4, 0.5) is 0 Å². The topological polar surface area (TPSA) is 39.2 Å². The standard InChI is InChI=1S/C15H13NO2/c1-18-14-7-5-13(6-8-14)15(17)9-4-12-3-2-10-16-11-12/h2-11H,1H3/b9-4+. The number of ether oxygens (including phenoxy) is 1. The Labute approximate surface area is 106 Å². The van der Waals surface area contributed by atoms with Gasteiger partial charge in [-0.2, -0.15) is 0 Å². The number of allylic oxidation sites excluding steroid dienone is 1. The number of pyridine rings is 1. The number of hydrogen-bond acceptors (Lipinski definition) is 3. The summed E-state index contributed by atoms with van der Waals surface area (Å²) < 4.78 is 5.04. The maximum Gasteiger partial charge on any atom is 0.185 e. The average Bonchev–Trinajstić information content (AvgIpc) is 2.46. The maximum absolute atomic E-state index is 11.9. The van der Waals surface area contributed by atoms with Gasteiger partial charge in [-0.15, -0.1) is 0 Å². The van der Waals surface area contributed by atoms with Gasteiger partial charge in [0.1, 0.15) is 5.75 Å². The van der Waals surface area contributed by atoms with Crippen LogP contribution in [0.25, 0.3) is 6.08 Å². The molecular weight excluding hydrogens is 226 g/mol. The minimum Gasteiger partial charge on any atom is -0.497 e. The predicted octanol–water partition coefficient (Wildman–Crippen LogP) is 2.99. The monoisotopic (exact) mass is 239 g/mol. The molecule has 2 rings (SSSR count). The van der Waals surface area contributed by atoms with E-state index in [0.717, 1.165) is 11.3 Å². The number of carbonyl (C=O) groups excluding carboxylic acids is 1. The van der Waals surface area contributed by atoms with Crippen LogP contribution in [0.3, 0.4) is 0 Å². The zero-order valence-corrected chi connectivity index (χ0v) is 10.0. The van der Waals surface area contributed by atoms with Gasteiger partial charge in [0.15, 0.2) is 5.78 Å². The zero-order valence-electron chi connectivity index (χ0n) is 10.0. The third-order valence-electron chi connectivity index (χ3n) is 2.49. The molecule has 0 fully saturated rings. The Bertz CT molecular complexity index is 544. The number of carbonyl (C=O) groups is 1. The van der Waals surface area contributed by atoms with E-state index in [0.29, 0.717) is 5.56 Å². The summed E-state index contributed by atoms with van der Waals surface area (Å²) in [5.41, 5.74) is 1.54. The fourth-order valence-corrected chi connectivity index (χ4v) is 1.50. The summed E-state index contributed by atoms with van der Waals surface area (Å²) in [4.78, 5) is 15.8. The summed E-state index contributed by atoms with van der Waals surface area (Å²) in [6.07, 6.45) is 6.69. The molecular formula is C15H13NO2.